The standard InChI is InChI=1S/C21H28N2O/c1-2-20(19-10-6-7-11-21(19)24)22-18-12-14-23(15-13-18)16-17-8-4-3-5-9-17/h3-11,18,20,22,24H,2,12-16H2,1H3. The van der Waals surface area contributed by atoms with E-state index in [9.17, 15) is 5.11 Å². The summed E-state index contributed by atoms with van der Waals surface area (Å²) in [7, 11) is 0. The zero-order chi connectivity index (χ0) is 16.8. The summed E-state index contributed by atoms with van der Waals surface area (Å²) in [6, 6.07) is 19.2. The van der Waals surface area contributed by atoms with Gasteiger partial charge < -0.3 is 10.4 Å². The van der Waals surface area contributed by atoms with Gasteiger partial charge in [0.15, 0.2) is 0 Å². The van der Waals surface area contributed by atoms with Gasteiger partial charge in [0.25, 0.3) is 0 Å². The minimum atomic E-state index is 0.233. The molecular weight excluding hydrogens is 296 g/mol. The van der Waals surface area contributed by atoms with Crippen molar-refractivity contribution in [3.05, 3.63) is 65.7 Å². The maximum Gasteiger partial charge on any atom is 0.120 e. The van der Waals surface area contributed by atoms with E-state index in [1.54, 1.807) is 6.07 Å². The van der Waals surface area contributed by atoms with Crippen molar-refractivity contribution in [3.63, 3.8) is 0 Å². The van der Waals surface area contributed by atoms with Gasteiger partial charge in [-0.2, -0.15) is 0 Å². The fraction of sp³-hybridized carbons (Fsp3) is 0.429. The first-order chi connectivity index (χ1) is 11.8. The molecule has 2 aromatic carbocycles. The van der Waals surface area contributed by atoms with Crippen LogP contribution in [0.25, 0.3) is 0 Å². The van der Waals surface area contributed by atoms with Crippen LogP contribution in [0.5, 0.6) is 5.75 Å². The summed E-state index contributed by atoms with van der Waals surface area (Å²) in [6.07, 6.45) is 3.32. The van der Waals surface area contributed by atoms with E-state index >= 15 is 0 Å². The molecule has 2 aromatic rings. The highest BCUT2D eigenvalue weighted by molar-refractivity contribution is 5.34. The molecule has 1 aliphatic heterocycles. The van der Waals surface area contributed by atoms with Crippen LogP contribution >= 0.6 is 0 Å². The fourth-order valence-electron chi connectivity index (χ4n) is 3.59. The molecule has 0 saturated carbocycles. The molecule has 0 spiro atoms. The molecular formula is C21H28N2O. The topological polar surface area (TPSA) is 35.5 Å². The van der Waals surface area contributed by atoms with Crippen molar-refractivity contribution in [1.29, 1.82) is 0 Å². The number of aromatic hydroxyl groups is 1. The van der Waals surface area contributed by atoms with Crippen molar-refractivity contribution in [3.8, 4) is 5.75 Å². The van der Waals surface area contributed by atoms with Gasteiger partial charge in [-0.05, 0) is 44.0 Å². The van der Waals surface area contributed by atoms with Gasteiger partial charge in [0, 0.05) is 24.2 Å². The molecule has 0 bridgehead atoms. The number of likely N-dealkylation sites (tertiary alicyclic amines) is 1. The molecule has 0 radical (unpaired) electrons. The van der Waals surface area contributed by atoms with Crippen LogP contribution in [0.2, 0.25) is 0 Å². The molecule has 1 aliphatic rings. The van der Waals surface area contributed by atoms with Gasteiger partial charge >= 0.3 is 0 Å². The van der Waals surface area contributed by atoms with E-state index in [-0.39, 0.29) is 6.04 Å². The van der Waals surface area contributed by atoms with Crippen LogP contribution in [0.4, 0.5) is 0 Å². The fourth-order valence-corrected chi connectivity index (χ4v) is 3.59. The average molecular weight is 324 g/mol. The normalized spacial score (nSPS) is 17.7. The summed E-state index contributed by atoms with van der Waals surface area (Å²) in [5, 5.41) is 13.9. The monoisotopic (exact) mass is 324 g/mol. The molecule has 1 atom stereocenters. The SMILES string of the molecule is CCC(NC1CCN(Cc2ccccc2)CC1)c1ccccc1O. The Labute approximate surface area is 145 Å². The van der Waals surface area contributed by atoms with Crippen molar-refractivity contribution in [1.82, 2.24) is 10.2 Å². The zero-order valence-corrected chi connectivity index (χ0v) is 14.5. The Bertz CT molecular complexity index is 621. The number of nitrogens with one attached hydrogen (secondary N) is 1. The third-order valence-corrected chi connectivity index (χ3v) is 4.99. The summed E-state index contributed by atoms with van der Waals surface area (Å²) in [5.74, 6) is 0.401. The van der Waals surface area contributed by atoms with Gasteiger partial charge in [0.2, 0.25) is 0 Å². The summed E-state index contributed by atoms with van der Waals surface area (Å²) in [5.41, 5.74) is 2.41. The molecule has 1 saturated heterocycles. The Balaban J connectivity index is 1.52. The van der Waals surface area contributed by atoms with E-state index in [1.807, 2.05) is 18.2 Å². The van der Waals surface area contributed by atoms with Crippen LogP contribution in [-0.4, -0.2) is 29.1 Å². The van der Waals surface area contributed by atoms with Gasteiger partial charge in [-0.15, -0.1) is 0 Å². The summed E-state index contributed by atoms with van der Waals surface area (Å²) >= 11 is 0. The zero-order valence-electron chi connectivity index (χ0n) is 14.5. The predicted molar refractivity (Wildman–Crippen MR) is 99.0 cm³/mol. The van der Waals surface area contributed by atoms with E-state index in [1.165, 1.54) is 5.56 Å². The Morgan fingerprint density at radius 2 is 1.71 bits per heavy atom. The van der Waals surface area contributed by atoms with Crippen LogP contribution in [0.3, 0.4) is 0 Å². The Kier molecular flexibility index (Phi) is 5.89. The molecule has 24 heavy (non-hydrogen) atoms. The molecule has 3 heteroatoms. The second-order valence-electron chi connectivity index (χ2n) is 6.72. The number of rotatable bonds is 6. The van der Waals surface area contributed by atoms with Crippen molar-refractivity contribution >= 4 is 0 Å². The van der Waals surface area contributed by atoms with Crippen LogP contribution < -0.4 is 5.32 Å². The number of hydrogen-bond acceptors (Lipinski definition) is 3. The van der Waals surface area contributed by atoms with Gasteiger partial charge in [-0.3, -0.25) is 4.90 Å². The molecule has 1 unspecified atom stereocenters. The summed E-state index contributed by atoms with van der Waals surface area (Å²) in [4.78, 5) is 2.54. The molecule has 1 fully saturated rings. The molecule has 1 heterocycles. The average Bonchev–Trinajstić information content (AvgIpc) is 2.63. The van der Waals surface area contributed by atoms with Crippen LogP contribution in [0.1, 0.15) is 43.4 Å². The van der Waals surface area contributed by atoms with Gasteiger partial charge in [0.1, 0.15) is 5.75 Å². The van der Waals surface area contributed by atoms with Crippen molar-refractivity contribution in [2.45, 2.75) is 44.8 Å². The summed E-state index contributed by atoms with van der Waals surface area (Å²) < 4.78 is 0. The minimum absolute atomic E-state index is 0.233. The molecule has 0 amide bonds. The lowest BCUT2D eigenvalue weighted by molar-refractivity contribution is 0.183. The lowest BCUT2D eigenvalue weighted by Crippen LogP contribution is -2.43. The van der Waals surface area contributed by atoms with Gasteiger partial charge in [0.05, 0.1) is 0 Å². The van der Waals surface area contributed by atoms with Gasteiger partial charge in [-0.25, -0.2) is 0 Å². The largest absolute Gasteiger partial charge is 0.508 e. The quantitative estimate of drug-likeness (QED) is 0.840. The highest BCUT2D eigenvalue weighted by Crippen LogP contribution is 2.27. The number of phenolic OH excluding ortho intramolecular Hbond substituents is 1. The number of piperidine rings is 1. The molecule has 0 aliphatic carbocycles. The number of para-hydroxylation sites is 1. The van der Waals surface area contributed by atoms with Crippen LogP contribution in [0.15, 0.2) is 54.6 Å². The van der Waals surface area contributed by atoms with Crippen LogP contribution in [-0.2, 0) is 6.54 Å². The van der Waals surface area contributed by atoms with E-state index in [4.69, 9.17) is 0 Å². The van der Waals surface area contributed by atoms with Crippen molar-refractivity contribution in [2.75, 3.05) is 13.1 Å². The number of benzene rings is 2. The first-order valence-corrected chi connectivity index (χ1v) is 9.06. The number of hydrogen-bond donors (Lipinski definition) is 2. The highest BCUT2D eigenvalue weighted by atomic mass is 16.3. The second-order valence-corrected chi connectivity index (χ2v) is 6.72. The number of nitrogens with zero attached hydrogens (tertiary/aromatic N) is 1. The van der Waals surface area contributed by atoms with E-state index < -0.39 is 0 Å². The Morgan fingerprint density at radius 1 is 1.04 bits per heavy atom. The highest BCUT2D eigenvalue weighted by Gasteiger charge is 2.22. The summed E-state index contributed by atoms with van der Waals surface area (Å²) in [6.45, 7) is 5.48. The molecule has 3 nitrogen and oxygen atoms in total. The second kappa shape index (κ2) is 8.32. The predicted octanol–water partition coefficient (Wildman–Crippen LogP) is 4.10. The smallest absolute Gasteiger partial charge is 0.120 e. The first kappa shape index (κ1) is 17.0. The van der Waals surface area contributed by atoms with Crippen LogP contribution in [0, 0.1) is 0 Å². The maximum absolute atomic E-state index is 10.1. The van der Waals surface area contributed by atoms with Crippen molar-refractivity contribution < 1.29 is 5.11 Å². The number of phenols is 1. The molecule has 0 aromatic heterocycles. The first-order valence-electron chi connectivity index (χ1n) is 9.06. The Hall–Kier alpha value is -1.84. The maximum atomic E-state index is 10.1. The van der Waals surface area contributed by atoms with Gasteiger partial charge in [-0.1, -0.05) is 55.5 Å². The van der Waals surface area contributed by atoms with E-state index in [0.717, 1.165) is 44.5 Å². The Morgan fingerprint density at radius 3 is 2.38 bits per heavy atom. The lowest BCUT2D eigenvalue weighted by atomic mass is 9.98. The van der Waals surface area contributed by atoms with E-state index in [0.29, 0.717) is 11.8 Å². The third-order valence-electron chi connectivity index (χ3n) is 4.99. The lowest BCUT2D eigenvalue weighted by Gasteiger charge is -2.34. The molecule has 3 rings (SSSR count). The molecule has 2 N–H and O–H groups in total. The van der Waals surface area contributed by atoms with E-state index in [2.05, 4.69) is 47.5 Å². The minimum Gasteiger partial charge on any atom is -0.508 e. The van der Waals surface area contributed by atoms with Crippen molar-refractivity contribution in [2.24, 2.45) is 0 Å². The molecule has 128 valence electrons. The third kappa shape index (κ3) is 4.37.